The van der Waals surface area contributed by atoms with E-state index < -0.39 is 8.32 Å². The highest BCUT2D eigenvalue weighted by Crippen LogP contribution is 2.37. The summed E-state index contributed by atoms with van der Waals surface area (Å²) in [6.45, 7) is 16.4. The molecule has 0 aromatic heterocycles. The van der Waals surface area contributed by atoms with Gasteiger partial charge < -0.3 is 9.16 Å². The smallest absolute Gasteiger partial charge is 0.261 e. The highest BCUT2D eigenvalue weighted by Gasteiger charge is 2.50. The minimum absolute atomic E-state index is 0.0175. The summed E-state index contributed by atoms with van der Waals surface area (Å²) in [6.07, 6.45) is 4.61. The number of benzene rings is 2. The first kappa shape index (κ1) is 22.3. The molecule has 0 N–H and O–H groups in total. The lowest BCUT2D eigenvalue weighted by molar-refractivity contribution is 0.0948. The van der Waals surface area contributed by atoms with Crippen LogP contribution in [0.1, 0.15) is 27.2 Å². The van der Waals surface area contributed by atoms with Gasteiger partial charge in [-0.25, -0.2) is 0 Å². The van der Waals surface area contributed by atoms with Crippen molar-refractivity contribution in [3.63, 3.8) is 0 Å². The Hall–Kier alpha value is -1.94. The maximum Gasteiger partial charge on any atom is 0.261 e. The number of hydrogen-bond donors (Lipinski definition) is 0. The second-order valence-electron chi connectivity index (χ2n) is 8.19. The highest BCUT2D eigenvalue weighted by molar-refractivity contribution is 6.99. The first-order chi connectivity index (χ1) is 13.5. The van der Waals surface area contributed by atoms with Gasteiger partial charge >= 0.3 is 0 Å². The van der Waals surface area contributed by atoms with Gasteiger partial charge in [0.1, 0.15) is 0 Å². The summed E-state index contributed by atoms with van der Waals surface area (Å²) in [5.74, 6) is 0.277. The summed E-state index contributed by atoms with van der Waals surface area (Å²) in [6, 6.07) is 21.5. The third kappa shape index (κ3) is 5.31. The molecule has 0 saturated heterocycles. The van der Waals surface area contributed by atoms with Crippen molar-refractivity contribution < 1.29 is 9.16 Å². The van der Waals surface area contributed by atoms with E-state index in [0.717, 1.165) is 6.42 Å². The Morgan fingerprint density at radius 2 is 1.39 bits per heavy atom. The van der Waals surface area contributed by atoms with Crippen LogP contribution in [0.3, 0.4) is 0 Å². The topological polar surface area (TPSA) is 18.5 Å². The molecular weight excluding hydrogens is 360 g/mol. The molecule has 1 unspecified atom stereocenters. The van der Waals surface area contributed by atoms with E-state index in [1.165, 1.54) is 10.4 Å². The third-order valence-corrected chi connectivity index (χ3v) is 10.0. The van der Waals surface area contributed by atoms with Crippen LogP contribution in [-0.2, 0) is 9.16 Å². The molecule has 0 aliphatic rings. The van der Waals surface area contributed by atoms with E-state index in [0.29, 0.717) is 19.8 Å². The minimum atomic E-state index is -2.50. The van der Waals surface area contributed by atoms with Gasteiger partial charge in [0.15, 0.2) is 0 Å². The lowest BCUT2D eigenvalue weighted by Crippen LogP contribution is -2.67. The van der Waals surface area contributed by atoms with E-state index in [2.05, 4.69) is 94.6 Å². The van der Waals surface area contributed by atoms with Crippen LogP contribution in [0.5, 0.6) is 0 Å². The zero-order chi connectivity index (χ0) is 20.5. The Bertz CT molecular complexity index is 680. The zero-order valence-electron chi connectivity index (χ0n) is 17.6. The van der Waals surface area contributed by atoms with E-state index in [4.69, 9.17) is 9.16 Å². The molecule has 2 aromatic rings. The second-order valence-corrected chi connectivity index (χ2v) is 12.5. The third-order valence-electron chi connectivity index (χ3n) is 5.04. The minimum Gasteiger partial charge on any atom is -0.407 e. The quantitative estimate of drug-likeness (QED) is 0.305. The van der Waals surface area contributed by atoms with Crippen LogP contribution < -0.4 is 10.4 Å². The molecule has 2 nitrogen and oxygen atoms in total. The summed E-state index contributed by atoms with van der Waals surface area (Å²) >= 11 is 0. The predicted molar refractivity (Wildman–Crippen MR) is 123 cm³/mol. The van der Waals surface area contributed by atoms with Crippen molar-refractivity contribution in [2.24, 2.45) is 5.92 Å². The molecule has 2 rings (SSSR count). The lowest BCUT2D eigenvalue weighted by Gasteiger charge is -2.43. The van der Waals surface area contributed by atoms with Gasteiger partial charge in [0.05, 0.1) is 13.2 Å². The lowest BCUT2D eigenvalue weighted by atomic mass is 10.1. The maximum atomic E-state index is 7.00. The Labute approximate surface area is 172 Å². The van der Waals surface area contributed by atoms with Crippen LogP contribution in [-0.4, -0.2) is 28.1 Å². The molecule has 0 spiro atoms. The van der Waals surface area contributed by atoms with E-state index in [1.807, 2.05) is 6.08 Å². The summed E-state index contributed by atoms with van der Waals surface area (Å²) in [5, 5.41) is 2.59. The summed E-state index contributed by atoms with van der Waals surface area (Å²) in [5.41, 5.74) is 0. The molecular formula is C25H34O2Si. The number of hydrogen-bond acceptors (Lipinski definition) is 2. The molecule has 3 heteroatoms. The van der Waals surface area contributed by atoms with Crippen molar-refractivity contribution in [2.45, 2.75) is 32.2 Å². The summed E-state index contributed by atoms with van der Waals surface area (Å²) in [4.78, 5) is 0. The van der Waals surface area contributed by atoms with E-state index in [9.17, 15) is 0 Å². The van der Waals surface area contributed by atoms with Crippen LogP contribution in [0.25, 0.3) is 0 Å². The fourth-order valence-corrected chi connectivity index (χ4v) is 8.38. The molecule has 28 heavy (non-hydrogen) atoms. The SMILES string of the molecule is C=CCOCC(CC=C)CO[Si](c1ccccc1)(c1ccccc1)C(C)(C)C. The normalized spacial score (nSPS) is 13.1. The molecule has 0 radical (unpaired) electrons. The summed E-state index contributed by atoms with van der Waals surface area (Å²) < 4.78 is 12.7. The van der Waals surface area contributed by atoms with Crippen molar-refractivity contribution >= 4 is 18.7 Å². The number of ether oxygens (including phenoxy) is 1. The van der Waals surface area contributed by atoms with Crippen molar-refractivity contribution in [3.05, 3.63) is 86.0 Å². The van der Waals surface area contributed by atoms with Gasteiger partial charge in [0, 0.05) is 12.5 Å². The van der Waals surface area contributed by atoms with Gasteiger partial charge in [0.2, 0.25) is 0 Å². The van der Waals surface area contributed by atoms with E-state index >= 15 is 0 Å². The predicted octanol–water partition coefficient (Wildman–Crippen LogP) is 4.96. The molecule has 150 valence electrons. The van der Waals surface area contributed by atoms with Crippen molar-refractivity contribution in [1.82, 2.24) is 0 Å². The van der Waals surface area contributed by atoms with Gasteiger partial charge in [-0.2, -0.15) is 0 Å². The van der Waals surface area contributed by atoms with Gasteiger partial charge in [-0.15, -0.1) is 13.2 Å². The van der Waals surface area contributed by atoms with Crippen molar-refractivity contribution in [2.75, 3.05) is 19.8 Å². The highest BCUT2D eigenvalue weighted by atomic mass is 28.4. The number of allylic oxidation sites excluding steroid dienone is 1. The largest absolute Gasteiger partial charge is 0.407 e. The summed E-state index contributed by atoms with van der Waals surface area (Å²) in [7, 11) is -2.50. The Morgan fingerprint density at radius 3 is 1.82 bits per heavy atom. The molecule has 0 aliphatic heterocycles. The van der Waals surface area contributed by atoms with Crippen LogP contribution in [0.4, 0.5) is 0 Å². The fourth-order valence-electron chi connectivity index (χ4n) is 3.74. The van der Waals surface area contributed by atoms with Crippen LogP contribution in [0.15, 0.2) is 86.0 Å². The standard InChI is InChI=1S/C25H34O2Si/c1-6-14-22(20-26-19-7-2)21-27-28(25(3,4)5,23-15-10-8-11-16-23)24-17-12-9-13-18-24/h6-13,15-18,22H,1-2,14,19-21H2,3-5H3. The molecule has 0 aliphatic carbocycles. The van der Waals surface area contributed by atoms with Crippen LogP contribution in [0.2, 0.25) is 5.04 Å². The van der Waals surface area contributed by atoms with Gasteiger partial charge in [0.25, 0.3) is 8.32 Å². The molecule has 1 atom stereocenters. The molecule has 0 heterocycles. The van der Waals surface area contributed by atoms with E-state index in [1.54, 1.807) is 6.08 Å². The molecule has 0 fully saturated rings. The maximum absolute atomic E-state index is 7.00. The fraction of sp³-hybridized carbons (Fsp3) is 0.360. The average Bonchev–Trinajstić information content (AvgIpc) is 2.69. The van der Waals surface area contributed by atoms with Crippen LogP contribution >= 0.6 is 0 Å². The van der Waals surface area contributed by atoms with Gasteiger partial charge in [-0.3, -0.25) is 0 Å². The molecule has 2 aromatic carbocycles. The molecule has 0 bridgehead atoms. The average molecular weight is 395 g/mol. The monoisotopic (exact) mass is 394 g/mol. The Balaban J connectivity index is 2.43. The zero-order valence-corrected chi connectivity index (χ0v) is 18.6. The first-order valence-corrected chi connectivity index (χ1v) is 11.9. The Kier molecular flexibility index (Phi) is 8.43. The van der Waals surface area contributed by atoms with Crippen molar-refractivity contribution in [3.8, 4) is 0 Å². The van der Waals surface area contributed by atoms with Gasteiger partial charge in [-0.1, -0.05) is 93.6 Å². The first-order valence-electron chi connectivity index (χ1n) is 10.00. The molecule has 0 amide bonds. The second kappa shape index (κ2) is 10.6. The molecule has 0 saturated carbocycles. The van der Waals surface area contributed by atoms with E-state index in [-0.39, 0.29) is 11.0 Å². The van der Waals surface area contributed by atoms with Crippen molar-refractivity contribution in [1.29, 1.82) is 0 Å². The van der Waals surface area contributed by atoms with Crippen LogP contribution in [0, 0.1) is 5.92 Å². The Morgan fingerprint density at radius 1 is 0.857 bits per heavy atom. The van der Waals surface area contributed by atoms with Gasteiger partial charge in [-0.05, 0) is 21.8 Å². The number of rotatable bonds is 11.